The molecular formula is C20H24N2O2. The van der Waals surface area contributed by atoms with Crippen LogP contribution in [0.1, 0.15) is 43.2 Å². The van der Waals surface area contributed by atoms with Gasteiger partial charge in [-0.1, -0.05) is 24.0 Å². The quantitative estimate of drug-likeness (QED) is 0.745. The van der Waals surface area contributed by atoms with Gasteiger partial charge in [-0.3, -0.25) is 0 Å². The van der Waals surface area contributed by atoms with Crippen LogP contribution < -0.4 is 0 Å². The molecule has 0 radical (unpaired) electrons. The normalized spacial score (nSPS) is 31.2. The van der Waals surface area contributed by atoms with Crippen LogP contribution in [-0.2, 0) is 0 Å². The van der Waals surface area contributed by atoms with Gasteiger partial charge in [0.2, 0.25) is 0 Å². The van der Waals surface area contributed by atoms with Gasteiger partial charge in [-0.05, 0) is 43.9 Å². The monoisotopic (exact) mass is 324 g/mol. The summed E-state index contributed by atoms with van der Waals surface area (Å²) in [5, 5.41) is 11.0. The molecule has 1 unspecified atom stereocenters. The number of likely N-dealkylation sites (tertiary alicyclic amines) is 1. The molecule has 0 saturated carbocycles. The van der Waals surface area contributed by atoms with Gasteiger partial charge >= 0.3 is 6.03 Å². The number of benzene rings is 1. The Morgan fingerprint density at radius 3 is 2.54 bits per heavy atom. The number of urea groups is 1. The molecule has 2 bridgehead atoms. The van der Waals surface area contributed by atoms with Crippen molar-refractivity contribution in [2.24, 2.45) is 0 Å². The Balaban J connectivity index is 1.50. The summed E-state index contributed by atoms with van der Waals surface area (Å²) in [5.41, 5.74) is 1.14. The molecule has 3 aliphatic heterocycles. The minimum atomic E-state index is -0.971. The highest BCUT2D eigenvalue weighted by molar-refractivity contribution is 5.76. The minimum absolute atomic E-state index is 0.133. The third kappa shape index (κ3) is 2.78. The van der Waals surface area contributed by atoms with Crippen LogP contribution in [0.15, 0.2) is 24.3 Å². The Bertz CT molecular complexity index is 700. The third-order valence-electron chi connectivity index (χ3n) is 5.57. The van der Waals surface area contributed by atoms with Crippen LogP contribution in [-0.4, -0.2) is 51.7 Å². The van der Waals surface area contributed by atoms with Crippen molar-refractivity contribution in [1.29, 1.82) is 0 Å². The van der Waals surface area contributed by atoms with Gasteiger partial charge in [-0.25, -0.2) is 4.79 Å². The first-order valence-electron chi connectivity index (χ1n) is 8.94. The smallest absolute Gasteiger partial charge is 0.320 e. The first-order valence-corrected chi connectivity index (χ1v) is 8.94. The maximum Gasteiger partial charge on any atom is 0.320 e. The van der Waals surface area contributed by atoms with Crippen LogP contribution in [0.3, 0.4) is 0 Å². The van der Waals surface area contributed by atoms with E-state index < -0.39 is 5.60 Å². The van der Waals surface area contributed by atoms with Crippen molar-refractivity contribution in [3.63, 3.8) is 0 Å². The summed E-state index contributed by atoms with van der Waals surface area (Å²) in [6.07, 6.45) is 4.22. The van der Waals surface area contributed by atoms with E-state index in [0.29, 0.717) is 12.8 Å². The van der Waals surface area contributed by atoms with E-state index >= 15 is 0 Å². The average Bonchev–Trinajstić information content (AvgIpc) is 2.77. The summed E-state index contributed by atoms with van der Waals surface area (Å²) in [5.74, 6) is 6.25. The fourth-order valence-electron chi connectivity index (χ4n) is 4.22. The molecule has 4 heteroatoms. The van der Waals surface area contributed by atoms with Crippen LogP contribution in [0, 0.1) is 18.8 Å². The molecule has 1 aromatic carbocycles. The van der Waals surface area contributed by atoms with Crippen LogP contribution in [0.5, 0.6) is 0 Å². The Morgan fingerprint density at radius 2 is 1.96 bits per heavy atom. The molecule has 1 aromatic rings. The van der Waals surface area contributed by atoms with E-state index in [9.17, 15) is 9.90 Å². The van der Waals surface area contributed by atoms with Gasteiger partial charge in [0, 0.05) is 43.6 Å². The lowest BCUT2D eigenvalue weighted by Crippen LogP contribution is -2.58. The maximum atomic E-state index is 12.6. The molecule has 3 aliphatic rings. The summed E-state index contributed by atoms with van der Waals surface area (Å²) in [6, 6.07) is 8.47. The molecule has 0 aliphatic carbocycles. The number of fused-ring (bicyclic) bond motifs is 2. The largest absolute Gasteiger partial charge is 0.377 e. The number of hydrogen-bond acceptors (Lipinski definition) is 2. The summed E-state index contributed by atoms with van der Waals surface area (Å²) in [6.45, 7) is 3.80. The number of aliphatic hydroxyl groups is 1. The number of piperidine rings is 1. The molecule has 24 heavy (non-hydrogen) atoms. The van der Waals surface area contributed by atoms with Crippen molar-refractivity contribution in [2.45, 2.75) is 56.7 Å². The predicted octanol–water partition coefficient (Wildman–Crippen LogP) is 2.53. The standard InChI is InChI=1S/C20H24N2O2/c1-15-4-2-5-16(12-15)8-9-20(24)13-17-6-7-18(14-20)22(17)19(23)21-10-3-11-21/h2,4-5,12,17-18,24H,3,6-7,10-11,13-14H2,1H3/t17-,18+,20?. The maximum absolute atomic E-state index is 12.6. The lowest BCUT2D eigenvalue weighted by molar-refractivity contribution is -0.00407. The summed E-state index contributed by atoms with van der Waals surface area (Å²) in [7, 11) is 0. The molecule has 3 fully saturated rings. The van der Waals surface area contributed by atoms with Gasteiger partial charge in [-0.2, -0.15) is 0 Å². The Labute approximate surface area is 143 Å². The van der Waals surface area contributed by atoms with Crippen molar-refractivity contribution in [3.8, 4) is 11.8 Å². The SMILES string of the molecule is Cc1cccc(C#CC2(O)C[C@H]3CC[C@@H](C2)N3C(=O)N2CCC2)c1. The van der Waals surface area contributed by atoms with Crippen molar-refractivity contribution < 1.29 is 9.90 Å². The molecule has 0 spiro atoms. The number of carbonyl (C=O) groups is 1. The van der Waals surface area contributed by atoms with E-state index in [1.54, 1.807) is 0 Å². The van der Waals surface area contributed by atoms with Gasteiger partial charge in [-0.15, -0.1) is 0 Å². The Kier molecular flexibility index (Phi) is 3.77. The van der Waals surface area contributed by atoms with Crippen molar-refractivity contribution in [2.75, 3.05) is 13.1 Å². The molecule has 1 N–H and O–H groups in total. The highest BCUT2D eigenvalue weighted by atomic mass is 16.3. The zero-order valence-corrected chi connectivity index (χ0v) is 14.2. The predicted molar refractivity (Wildman–Crippen MR) is 92.5 cm³/mol. The topological polar surface area (TPSA) is 43.8 Å². The van der Waals surface area contributed by atoms with Crippen LogP contribution >= 0.6 is 0 Å². The summed E-state index contributed by atoms with van der Waals surface area (Å²) in [4.78, 5) is 16.6. The highest BCUT2D eigenvalue weighted by Crippen LogP contribution is 2.41. The number of hydrogen-bond donors (Lipinski definition) is 1. The van der Waals surface area contributed by atoms with E-state index in [0.717, 1.165) is 37.9 Å². The van der Waals surface area contributed by atoms with Gasteiger partial charge in [0.1, 0.15) is 5.60 Å². The van der Waals surface area contributed by atoms with Gasteiger partial charge in [0.05, 0.1) is 0 Å². The van der Waals surface area contributed by atoms with E-state index in [2.05, 4.69) is 11.8 Å². The van der Waals surface area contributed by atoms with Crippen molar-refractivity contribution >= 4 is 6.03 Å². The first kappa shape index (κ1) is 15.5. The molecular weight excluding hydrogens is 300 g/mol. The molecule has 126 valence electrons. The van der Waals surface area contributed by atoms with Gasteiger partial charge in [0.15, 0.2) is 0 Å². The minimum Gasteiger partial charge on any atom is -0.377 e. The first-order chi connectivity index (χ1) is 11.5. The number of aryl methyl sites for hydroxylation is 1. The second-order valence-electron chi connectivity index (χ2n) is 7.47. The number of amides is 2. The van der Waals surface area contributed by atoms with Gasteiger partial charge < -0.3 is 14.9 Å². The third-order valence-corrected chi connectivity index (χ3v) is 5.57. The van der Waals surface area contributed by atoms with Gasteiger partial charge in [0.25, 0.3) is 0 Å². The fourth-order valence-corrected chi connectivity index (χ4v) is 4.22. The number of carbonyl (C=O) groups excluding carboxylic acids is 1. The molecule has 2 amide bonds. The van der Waals surface area contributed by atoms with Crippen molar-refractivity contribution in [3.05, 3.63) is 35.4 Å². The highest BCUT2D eigenvalue weighted by Gasteiger charge is 2.50. The molecule has 3 saturated heterocycles. The number of nitrogens with zero attached hydrogens (tertiary/aromatic N) is 2. The fraction of sp³-hybridized carbons (Fsp3) is 0.550. The molecule has 3 atom stereocenters. The zero-order chi connectivity index (χ0) is 16.7. The zero-order valence-electron chi connectivity index (χ0n) is 14.2. The molecule has 4 rings (SSSR count). The molecule has 4 nitrogen and oxygen atoms in total. The Morgan fingerprint density at radius 1 is 1.25 bits per heavy atom. The van der Waals surface area contributed by atoms with E-state index in [4.69, 9.17) is 0 Å². The lowest BCUT2D eigenvalue weighted by atomic mass is 9.86. The second-order valence-corrected chi connectivity index (χ2v) is 7.47. The second kappa shape index (κ2) is 5.82. The van der Waals surface area contributed by atoms with E-state index in [1.807, 2.05) is 41.0 Å². The Hall–Kier alpha value is -1.99. The molecule has 0 aromatic heterocycles. The van der Waals surface area contributed by atoms with E-state index in [1.165, 1.54) is 5.56 Å². The average molecular weight is 324 g/mol. The van der Waals surface area contributed by atoms with Crippen LogP contribution in [0.25, 0.3) is 0 Å². The number of rotatable bonds is 0. The lowest BCUT2D eigenvalue weighted by Gasteiger charge is -2.45. The summed E-state index contributed by atoms with van der Waals surface area (Å²) < 4.78 is 0. The van der Waals surface area contributed by atoms with E-state index in [-0.39, 0.29) is 18.1 Å². The molecule has 3 heterocycles. The van der Waals surface area contributed by atoms with Crippen molar-refractivity contribution in [1.82, 2.24) is 9.80 Å². The van der Waals surface area contributed by atoms with Crippen LogP contribution in [0.4, 0.5) is 4.79 Å². The van der Waals surface area contributed by atoms with Crippen LogP contribution in [0.2, 0.25) is 0 Å². The summed E-state index contributed by atoms with van der Waals surface area (Å²) >= 11 is 0.